The minimum atomic E-state index is -3.77. The van der Waals surface area contributed by atoms with Crippen LogP contribution in [0.5, 0.6) is 5.75 Å². The molecule has 2 aliphatic rings. The van der Waals surface area contributed by atoms with Crippen molar-refractivity contribution in [3.8, 4) is 5.75 Å². The van der Waals surface area contributed by atoms with Crippen LogP contribution in [-0.2, 0) is 10.0 Å². The molecule has 35 heavy (non-hydrogen) atoms. The Labute approximate surface area is 211 Å². The van der Waals surface area contributed by atoms with Crippen molar-refractivity contribution in [2.24, 2.45) is 0 Å². The van der Waals surface area contributed by atoms with Crippen molar-refractivity contribution in [2.45, 2.75) is 23.8 Å². The first-order valence-corrected chi connectivity index (χ1v) is 13.5. The lowest BCUT2D eigenvalue weighted by atomic mass is 9.95. The Hall–Kier alpha value is -2.37. The highest BCUT2D eigenvalue weighted by Gasteiger charge is 2.41. The Morgan fingerprint density at radius 3 is 2.57 bits per heavy atom. The molecular weight excluding hydrogens is 492 g/mol. The van der Waals surface area contributed by atoms with E-state index in [0.29, 0.717) is 42.5 Å². The van der Waals surface area contributed by atoms with Gasteiger partial charge >= 0.3 is 6.03 Å². The number of sulfonamides is 1. The first-order valence-electron chi connectivity index (χ1n) is 11.6. The van der Waals surface area contributed by atoms with Crippen LogP contribution in [0.25, 0.3) is 0 Å². The van der Waals surface area contributed by atoms with Crippen molar-refractivity contribution in [2.75, 3.05) is 46.4 Å². The summed E-state index contributed by atoms with van der Waals surface area (Å²) in [5, 5.41) is 14.5. The second kappa shape index (κ2) is 11.1. The number of aliphatic hydroxyl groups excluding tert-OH is 1. The Balaban J connectivity index is 1.69. The molecule has 0 radical (unpaired) electrons. The maximum atomic E-state index is 14.0. The summed E-state index contributed by atoms with van der Waals surface area (Å²) in [5.41, 5.74) is 1.30. The Morgan fingerprint density at radius 2 is 1.86 bits per heavy atom. The summed E-state index contributed by atoms with van der Waals surface area (Å²) in [4.78, 5) is 14.4. The van der Waals surface area contributed by atoms with Crippen LogP contribution < -0.4 is 15.4 Å². The Kier molecular flexibility index (Phi) is 8.18. The maximum Gasteiger partial charge on any atom is 0.315 e. The van der Waals surface area contributed by atoms with Crippen LogP contribution in [0, 0.1) is 0 Å². The molecule has 4 rings (SSSR count). The summed E-state index contributed by atoms with van der Waals surface area (Å²) >= 11 is 6.42. The first-order chi connectivity index (χ1) is 16.8. The van der Waals surface area contributed by atoms with E-state index in [4.69, 9.17) is 21.4 Å². The van der Waals surface area contributed by atoms with Gasteiger partial charge in [-0.05, 0) is 42.8 Å². The van der Waals surface area contributed by atoms with Crippen molar-refractivity contribution >= 4 is 27.7 Å². The molecule has 0 aliphatic carbocycles. The van der Waals surface area contributed by atoms with Gasteiger partial charge in [-0.25, -0.2) is 13.2 Å². The van der Waals surface area contributed by atoms with Gasteiger partial charge in [0.05, 0.1) is 18.7 Å². The fraction of sp³-hybridized carbons (Fsp3) is 0.458. The van der Waals surface area contributed by atoms with Crippen molar-refractivity contribution in [1.82, 2.24) is 19.8 Å². The normalized spacial score (nSPS) is 22.4. The largest absolute Gasteiger partial charge is 0.491 e. The van der Waals surface area contributed by atoms with Gasteiger partial charge in [0.25, 0.3) is 0 Å². The lowest BCUT2D eigenvalue weighted by molar-refractivity contribution is 0.201. The standard InChI is InChI=1S/C24H31ClN4O5S/c1-28-9-11-29(12-10-28)35(32,33)22(17-5-4-6-18(15-17)34-14-13-30)16-21-23(27-24(31)26-21)19-7-2-3-8-20(19)25/h2-8,15,21-23,30H,9-14,16H2,1H3,(H2,26,27,31). The molecule has 0 saturated carbocycles. The molecule has 0 spiro atoms. The van der Waals surface area contributed by atoms with Crippen LogP contribution in [0.2, 0.25) is 5.02 Å². The van der Waals surface area contributed by atoms with Crippen LogP contribution in [0.1, 0.15) is 28.8 Å². The van der Waals surface area contributed by atoms with Gasteiger partial charge < -0.3 is 25.4 Å². The Bertz CT molecular complexity index is 1140. The number of aliphatic hydroxyl groups is 1. The summed E-state index contributed by atoms with van der Waals surface area (Å²) in [6, 6.07) is 12.8. The molecule has 3 N–H and O–H groups in total. The number of likely N-dealkylation sites (N-methyl/N-ethyl adjacent to an activating group) is 1. The first kappa shape index (κ1) is 25.7. The molecule has 3 atom stereocenters. The van der Waals surface area contributed by atoms with E-state index < -0.39 is 27.4 Å². The fourth-order valence-corrected chi connectivity index (χ4v) is 6.83. The summed E-state index contributed by atoms with van der Waals surface area (Å²) in [7, 11) is -1.80. The van der Waals surface area contributed by atoms with Crippen molar-refractivity contribution in [3.05, 3.63) is 64.7 Å². The molecule has 0 bridgehead atoms. The van der Waals surface area contributed by atoms with E-state index in [0.717, 1.165) is 5.56 Å². The average Bonchev–Trinajstić information content (AvgIpc) is 3.21. The van der Waals surface area contributed by atoms with Crippen LogP contribution in [0.4, 0.5) is 4.79 Å². The Morgan fingerprint density at radius 1 is 1.11 bits per heavy atom. The summed E-state index contributed by atoms with van der Waals surface area (Å²) in [6.07, 6.45) is 0.146. The number of rotatable bonds is 9. The number of carbonyl (C=O) groups excluding carboxylic acids is 1. The predicted molar refractivity (Wildman–Crippen MR) is 134 cm³/mol. The van der Waals surface area contributed by atoms with Crippen LogP contribution in [0.3, 0.4) is 0 Å². The molecule has 9 nitrogen and oxygen atoms in total. The third-order valence-electron chi connectivity index (χ3n) is 6.49. The van der Waals surface area contributed by atoms with E-state index in [1.165, 1.54) is 4.31 Å². The average molecular weight is 523 g/mol. The van der Waals surface area contributed by atoms with Crippen molar-refractivity contribution < 1.29 is 23.1 Å². The molecule has 190 valence electrons. The number of hydrogen-bond acceptors (Lipinski definition) is 6. The minimum Gasteiger partial charge on any atom is -0.491 e. The molecule has 2 aromatic rings. The molecule has 0 aromatic heterocycles. The highest BCUT2D eigenvalue weighted by molar-refractivity contribution is 7.89. The molecule has 3 unspecified atom stereocenters. The van der Waals surface area contributed by atoms with E-state index in [1.807, 2.05) is 25.2 Å². The second-order valence-electron chi connectivity index (χ2n) is 8.84. The number of nitrogens with zero attached hydrogens (tertiary/aromatic N) is 2. The fourth-order valence-electron chi connectivity index (χ4n) is 4.60. The molecule has 2 heterocycles. The summed E-state index contributed by atoms with van der Waals surface area (Å²) in [5.74, 6) is 0.478. The van der Waals surface area contributed by atoms with E-state index in [2.05, 4.69) is 15.5 Å². The number of amides is 2. The third-order valence-corrected chi connectivity index (χ3v) is 9.10. The predicted octanol–water partition coefficient (Wildman–Crippen LogP) is 2.14. The summed E-state index contributed by atoms with van der Waals surface area (Å²) < 4.78 is 35.0. The van der Waals surface area contributed by atoms with Crippen LogP contribution in [-0.4, -0.2) is 81.2 Å². The summed E-state index contributed by atoms with van der Waals surface area (Å²) in [6.45, 7) is 2.06. The number of benzene rings is 2. The monoisotopic (exact) mass is 522 g/mol. The molecule has 2 aliphatic heterocycles. The van der Waals surface area contributed by atoms with Gasteiger partial charge in [-0.15, -0.1) is 0 Å². The quantitative estimate of drug-likeness (QED) is 0.465. The molecule has 2 aromatic carbocycles. The molecule has 11 heteroatoms. The number of urea groups is 1. The minimum absolute atomic E-state index is 0.108. The molecule has 2 amide bonds. The number of piperazine rings is 1. The van der Waals surface area contributed by atoms with Gasteiger partial charge in [-0.2, -0.15) is 4.31 Å². The van der Waals surface area contributed by atoms with E-state index >= 15 is 0 Å². The number of halogens is 1. The van der Waals surface area contributed by atoms with Crippen LogP contribution >= 0.6 is 11.6 Å². The van der Waals surface area contributed by atoms with Crippen molar-refractivity contribution in [3.63, 3.8) is 0 Å². The zero-order valence-electron chi connectivity index (χ0n) is 19.6. The smallest absolute Gasteiger partial charge is 0.315 e. The molecular formula is C24H31ClN4O5S. The highest BCUT2D eigenvalue weighted by atomic mass is 35.5. The maximum absolute atomic E-state index is 14.0. The van der Waals surface area contributed by atoms with E-state index in [-0.39, 0.29) is 25.7 Å². The van der Waals surface area contributed by atoms with E-state index in [1.54, 1.807) is 30.3 Å². The van der Waals surface area contributed by atoms with Gasteiger partial charge in [0.2, 0.25) is 10.0 Å². The highest BCUT2D eigenvalue weighted by Crippen LogP contribution is 2.37. The van der Waals surface area contributed by atoms with Crippen LogP contribution in [0.15, 0.2) is 48.5 Å². The SMILES string of the molecule is CN1CCN(S(=O)(=O)C(CC2NC(=O)NC2c2ccccc2Cl)c2cccc(OCCO)c2)CC1. The number of ether oxygens (including phenoxy) is 1. The number of carbonyl (C=O) groups is 1. The number of hydrogen-bond donors (Lipinski definition) is 3. The third kappa shape index (κ3) is 5.90. The number of nitrogens with one attached hydrogen (secondary N) is 2. The van der Waals surface area contributed by atoms with Crippen molar-refractivity contribution in [1.29, 1.82) is 0 Å². The van der Waals surface area contributed by atoms with Gasteiger partial charge in [0.15, 0.2) is 0 Å². The van der Waals surface area contributed by atoms with Gasteiger partial charge in [0.1, 0.15) is 17.6 Å². The van der Waals surface area contributed by atoms with Gasteiger partial charge in [0, 0.05) is 31.2 Å². The van der Waals surface area contributed by atoms with Gasteiger partial charge in [-0.3, -0.25) is 0 Å². The molecule has 2 fully saturated rings. The topological polar surface area (TPSA) is 111 Å². The lowest BCUT2D eigenvalue weighted by Gasteiger charge is -2.35. The lowest BCUT2D eigenvalue weighted by Crippen LogP contribution is -2.49. The second-order valence-corrected chi connectivity index (χ2v) is 11.4. The molecule has 2 saturated heterocycles. The van der Waals surface area contributed by atoms with E-state index in [9.17, 15) is 13.2 Å². The zero-order valence-corrected chi connectivity index (χ0v) is 21.1. The van der Waals surface area contributed by atoms with Gasteiger partial charge in [-0.1, -0.05) is 41.9 Å². The zero-order chi connectivity index (χ0) is 25.0.